The largest absolute Gasteiger partial charge is 0.459 e. The highest BCUT2D eigenvalue weighted by atomic mass is 19.1. The second kappa shape index (κ2) is 7.75. The number of amides is 1. The third-order valence-electron chi connectivity index (χ3n) is 4.79. The second-order valence-electron chi connectivity index (χ2n) is 6.62. The molecule has 0 bridgehead atoms. The summed E-state index contributed by atoms with van der Waals surface area (Å²) >= 11 is 0. The van der Waals surface area contributed by atoms with Crippen LogP contribution in [0, 0.1) is 5.82 Å². The molecule has 6 nitrogen and oxygen atoms in total. The summed E-state index contributed by atoms with van der Waals surface area (Å²) in [6.07, 6.45) is 5.93. The predicted octanol–water partition coefficient (Wildman–Crippen LogP) is 2.95. The normalized spacial score (nSPS) is 15.7. The Labute approximate surface area is 156 Å². The molecule has 1 amide bonds. The monoisotopic (exact) mass is 368 g/mol. The van der Waals surface area contributed by atoms with Gasteiger partial charge in [-0.3, -0.25) is 9.69 Å². The fraction of sp³-hybridized carbons (Fsp3) is 0.300. The molecule has 0 atom stereocenters. The Hall–Kier alpha value is -2.93. The number of rotatable bonds is 4. The third kappa shape index (κ3) is 3.93. The summed E-state index contributed by atoms with van der Waals surface area (Å²) in [6.45, 7) is 3.48. The topological polar surface area (TPSA) is 54.5 Å². The first-order valence-electron chi connectivity index (χ1n) is 9.04. The Kier molecular flexibility index (Phi) is 5.02. The maximum absolute atomic E-state index is 13.8. The molecule has 0 unspecified atom stereocenters. The smallest absolute Gasteiger partial charge is 0.289 e. The SMILES string of the molecule is O=C(c1ccco1)N1CCCN(Cc2cc(F)ccc2-n2cccn2)CC1. The number of furan rings is 1. The summed E-state index contributed by atoms with van der Waals surface area (Å²) < 4.78 is 20.8. The predicted molar refractivity (Wildman–Crippen MR) is 98.0 cm³/mol. The van der Waals surface area contributed by atoms with E-state index in [0.29, 0.717) is 25.4 Å². The molecular formula is C20H21FN4O2. The number of benzene rings is 1. The van der Waals surface area contributed by atoms with Crippen molar-refractivity contribution in [3.8, 4) is 5.69 Å². The average molecular weight is 368 g/mol. The molecule has 0 radical (unpaired) electrons. The molecule has 1 saturated heterocycles. The molecule has 2 aromatic heterocycles. The molecule has 1 aliphatic heterocycles. The molecule has 0 aliphatic carbocycles. The van der Waals surface area contributed by atoms with E-state index in [0.717, 1.165) is 30.8 Å². The van der Waals surface area contributed by atoms with Gasteiger partial charge < -0.3 is 9.32 Å². The lowest BCUT2D eigenvalue weighted by molar-refractivity contribution is 0.0729. The number of hydrogen-bond donors (Lipinski definition) is 0. The number of carbonyl (C=O) groups is 1. The molecule has 7 heteroatoms. The van der Waals surface area contributed by atoms with E-state index in [1.54, 1.807) is 35.1 Å². The molecule has 3 heterocycles. The van der Waals surface area contributed by atoms with E-state index < -0.39 is 0 Å². The van der Waals surface area contributed by atoms with Gasteiger partial charge in [-0.25, -0.2) is 9.07 Å². The maximum atomic E-state index is 13.8. The molecule has 0 spiro atoms. The van der Waals surface area contributed by atoms with Gasteiger partial charge in [0.05, 0.1) is 12.0 Å². The van der Waals surface area contributed by atoms with Crippen molar-refractivity contribution in [3.63, 3.8) is 0 Å². The summed E-state index contributed by atoms with van der Waals surface area (Å²) in [5.41, 5.74) is 1.75. The Morgan fingerprint density at radius 3 is 2.85 bits per heavy atom. The fourth-order valence-corrected chi connectivity index (χ4v) is 3.44. The minimum atomic E-state index is -0.259. The van der Waals surface area contributed by atoms with Crippen molar-refractivity contribution in [3.05, 3.63) is 72.2 Å². The molecule has 0 saturated carbocycles. The summed E-state index contributed by atoms with van der Waals surface area (Å²) in [5, 5.41) is 4.26. The van der Waals surface area contributed by atoms with E-state index in [9.17, 15) is 9.18 Å². The van der Waals surface area contributed by atoms with Gasteiger partial charge in [0.25, 0.3) is 5.91 Å². The summed E-state index contributed by atoms with van der Waals surface area (Å²) in [7, 11) is 0. The first-order valence-corrected chi connectivity index (χ1v) is 9.04. The number of halogens is 1. The second-order valence-corrected chi connectivity index (χ2v) is 6.62. The number of carbonyl (C=O) groups excluding carboxylic acids is 1. The average Bonchev–Trinajstić information content (AvgIpc) is 3.34. The quantitative estimate of drug-likeness (QED) is 0.711. The van der Waals surface area contributed by atoms with Gasteiger partial charge >= 0.3 is 0 Å². The Bertz CT molecular complexity index is 893. The maximum Gasteiger partial charge on any atom is 0.289 e. The van der Waals surface area contributed by atoms with E-state index in [1.165, 1.54) is 12.3 Å². The fourth-order valence-electron chi connectivity index (χ4n) is 3.44. The molecule has 140 valence electrons. The molecule has 0 N–H and O–H groups in total. The van der Waals surface area contributed by atoms with Crippen LogP contribution in [0.1, 0.15) is 22.5 Å². The highest BCUT2D eigenvalue weighted by molar-refractivity contribution is 5.91. The van der Waals surface area contributed by atoms with Crippen LogP contribution in [0.3, 0.4) is 0 Å². The lowest BCUT2D eigenvalue weighted by Crippen LogP contribution is -2.35. The van der Waals surface area contributed by atoms with Gasteiger partial charge in [0, 0.05) is 45.1 Å². The van der Waals surface area contributed by atoms with Gasteiger partial charge in [-0.05, 0) is 48.4 Å². The Morgan fingerprint density at radius 2 is 2.07 bits per heavy atom. The van der Waals surface area contributed by atoms with Crippen LogP contribution in [-0.2, 0) is 6.54 Å². The summed E-state index contributed by atoms with van der Waals surface area (Å²) in [5.74, 6) is 0.0322. The van der Waals surface area contributed by atoms with Crippen molar-refractivity contribution >= 4 is 5.91 Å². The lowest BCUT2D eigenvalue weighted by atomic mass is 10.1. The zero-order valence-electron chi connectivity index (χ0n) is 14.9. The third-order valence-corrected chi connectivity index (χ3v) is 4.79. The Morgan fingerprint density at radius 1 is 1.15 bits per heavy atom. The number of hydrogen-bond acceptors (Lipinski definition) is 4. The van der Waals surface area contributed by atoms with Gasteiger partial charge in [-0.2, -0.15) is 5.10 Å². The van der Waals surface area contributed by atoms with Gasteiger partial charge in [-0.1, -0.05) is 0 Å². The molecule has 1 fully saturated rings. The zero-order chi connectivity index (χ0) is 18.6. The van der Waals surface area contributed by atoms with E-state index in [-0.39, 0.29) is 11.7 Å². The minimum Gasteiger partial charge on any atom is -0.459 e. The molecule has 1 aliphatic rings. The van der Waals surface area contributed by atoms with Crippen molar-refractivity contribution in [2.75, 3.05) is 26.2 Å². The molecule has 1 aromatic carbocycles. The number of aromatic nitrogens is 2. The van der Waals surface area contributed by atoms with Crippen molar-refractivity contribution in [1.82, 2.24) is 19.6 Å². The highest BCUT2D eigenvalue weighted by Crippen LogP contribution is 2.19. The van der Waals surface area contributed by atoms with Crippen molar-refractivity contribution in [2.24, 2.45) is 0 Å². The van der Waals surface area contributed by atoms with Crippen LogP contribution in [0.5, 0.6) is 0 Å². The van der Waals surface area contributed by atoms with Crippen LogP contribution < -0.4 is 0 Å². The van der Waals surface area contributed by atoms with Crippen molar-refractivity contribution < 1.29 is 13.6 Å². The van der Waals surface area contributed by atoms with Crippen LogP contribution in [0.25, 0.3) is 5.69 Å². The van der Waals surface area contributed by atoms with Crippen molar-refractivity contribution in [2.45, 2.75) is 13.0 Å². The van der Waals surface area contributed by atoms with Gasteiger partial charge in [0.2, 0.25) is 0 Å². The summed E-state index contributed by atoms with van der Waals surface area (Å²) in [6, 6.07) is 10.0. The summed E-state index contributed by atoms with van der Waals surface area (Å²) in [4.78, 5) is 16.6. The van der Waals surface area contributed by atoms with E-state index in [1.807, 2.05) is 17.2 Å². The van der Waals surface area contributed by atoms with Gasteiger partial charge in [0.1, 0.15) is 5.82 Å². The van der Waals surface area contributed by atoms with Crippen LogP contribution >= 0.6 is 0 Å². The minimum absolute atomic E-state index is 0.0789. The van der Waals surface area contributed by atoms with E-state index in [4.69, 9.17) is 4.42 Å². The van der Waals surface area contributed by atoms with Crippen molar-refractivity contribution in [1.29, 1.82) is 0 Å². The van der Waals surface area contributed by atoms with Crippen LogP contribution in [0.15, 0.2) is 59.5 Å². The van der Waals surface area contributed by atoms with Crippen LogP contribution in [-0.4, -0.2) is 51.7 Å². The van der Waals surface area contributed by atoms with Crippen LogP contribution in [0.2, 0.25) is 0 Å². The van der Waals surface area contributed by atoms with Gasteiger partial charge in [0.15, 0.2) is 5.76 Å². The molecule has 27 heavy (non-hydrogen) atoms. The van der Waals surface area contributed by atoms with Gasteiger partial charge in [-0.15, -0.1) is 0 Å². The molecule has 4 rings (SSSR count). The zero-order valence-corrected chi connectivity index (χ0v) is 14.9. The molecular weight excluding hydrogens is 347 g/mol. The highest BCUT2D eigenvalue weighted by Gasteiger charge is 2.22. The first-order chi connectivity index (χ1) is 13.2. The first kappa shape index (κ1) is 17.5. The van der Waals surface area contributed by atoms with E-state index in [2.05, 4.69) is 10.00 Å². The Balaban J connectivity index is 1.46. The lowest BCUT2D eigenvalue weighted by Gasteiger charge is -2.22. The standard InChI is InChI=1S/C20H21FN4O2/c21-17-5-6-18(25-10-2-7-22-25)16(14-17)15-23-8-3-9-24(12-11-23)20(26)19-4-1-13-27-19/h1-2,4-7,10,13-14H,3,8-9,11-12,15H2. The molecule has 3 aromatic rings. The van der Waals surface area contributed by atoms with Crippen LogP contribution in [0.4, 0.5) is 4.39 Å². The number of nitrogens with zero attached hydrogens (tertiary/aromatic N) is 4. The van der Waals surface area contributed by atoms with E-state index >= 15 is 0 Å².